The van der Waals surface area contributed by atoms with Gasteiger partial charge in [0.15, 0.2) is 0 Å². The van der Waals surface area contributed by atoms with Crippen molar-refractivity contribution in [3.8, 4) is 0 Å². The van der Waals surface area contributed by atoms with Gasteiger partial charge in [-0.05, 0) is 0 Å². The molecule has 0 unspecified atom stereocenters. The molecule has 54 valence electrons. The van der Waals surface area contributed by atoms with Crippen LogP contribution in [0.25, 0.3) is 0 Å². The van der Waals surface area contributed by atoms with Crippen LogP contribution in [0.2, 0.25) is 0 Å². The molecule has 0 aliphatic heterocycles. The Balaban J connectivity index is 2.47. The van der Waals surface area contributed by atoms with Crippen molar-refractivity contribution in [3.05, 3.63) is 12.0 Å². The highest BCUT2D eigenvalue weighted by atomic mass is 16.5. The number of carbonyl (C=O) groups excluding carboxylic acids is 1. The van der Waals surface area contributed by atoms with Gasteiger partial charge in [0, 0.05) is 12.3 Å². The molecule has 0 aromatic carbocycles. The molecule has 1 amide bonds. The predicted octanol–water partition coefficient (Wildman–Crippen LogP) is -0.342. The van der Waals surface area contributed by atoms with E-state index in [1.807, 2.05) is 0 Å². The molecule has 1 aromatic heterocycles. The lowest BCUT2D eigenvalue weighted by molar-refractivity contribution is -0.117. The summed E-state index contributed by atoms with van der Waals surface area (Å²) < 4.78 is 4.46. The Hall–Kier alpha value is -1.39. The molecule has 0 N–H and O–H groups in total. The number of aromatic nitrogens is 2. The third-order valence-corrected chi connectivity index (χ3v) is 0.996. The second-order valence-corrected chi connectivity index (χ2v) is 1.92. The minimum Gasteiger partial charge on any atom is -0.345 e. The van der Waals surface area contributed by atoms with Crippen molar-refractivity contribution in [2.45, 2.75) is 6.54 Å². The fourth-order valence-electron chi connectivity index (χ4n) is 0.546. The standard InChI is InChI=1S/C5H7N3O2/c1-8(4-9)2-5-3-10-7-6-5/h3-4H,2H2,1H3. The molecule has 0 atom stereocenters. The summed E-state index contributed by atoms with van der Waals surface area (Å²) in [5, 5.41) is 6.83. The van der Waals surface area contributed by atoms with Gasteiger partial charge >= 0.3 is 0 Å². The van der Waals surface area contributed by atoms with Gasteiger partial charge in [0.25, 0.3) is 0 Å². The topological polar surface area (TPSA) is 59.2 Å². The SMILES string of the molecule is CN(C=O)Cc1conn1. The maximum atomic E-state index is 10.1. The second kappa shape index (κ2) is 2.95. The Morgan fingerprint density at radius 3 is 3.20 bits per heavy atom. The van der Waals surface area contributed by atoms with E-state index in [2.05, 4.69) is 14.9 Å². The van der Waals surface area contributed by atoms with Gasteiger partial charge in [-0.3, -0.25) is 4.79 Å². The Morgan fingerprint density at radius 2 is 2.70 bits per heavy atom. The van der Waals surface area contributed by atoms with E-state index in [0.29, 0.717) is 18.6 Å². The largest absolute Gasteiger partial charge is 0.345 e. The molecule has 0 aliphatic carbocycles. The zero-order valence-corrected chi connectivity index (χ0v) is 5.52. The number of carbonyl (C=O) groups is 1. The first-order valence-electron chi connectivity index (χ1n) is 2.74. The summed E-state index contributed by atoms with van der Waals surface area (Å²) in [6.07, 6.45) is 2.12. The van der Waals surface area contributed by atoms with Crippen LogP contribution in [0.5, 0.6) is 0 Å². The van der Waals surface area contributed by atoms with Crippen LogP contribution < -0.4 is 0 Å². The summed E-state index contributed by atoms with van der Waals surface area (Å²) in [4.78, 5) is 11.5. The van der Waals surface area contributed by atoms with E-state index in [1.54, 1.807) is 7.05 Å². The Labute approximate surface area is 57.6 Å². The normalized spacial score (nSPS) is 9.30. The highest BCUT2D eigenvalue weighted by molar-refractivity contribution is 5.46. The fourth-order valence-corrected chi connectivity index (χ4v) is 0.546. The number of amides is 1. The van der Waals surface area contributed by atoms with Crippen molar-refractivity contribution >= 4 is 6.41 Å². The van der Waals surface area contributed by atoms with E-state index in [-0.39, 0.29) is 0 Å². The second-order valence-electron chi connectivity index (χ2n) is 1.92. The summed E-state index contributed by atoms with van der Waals surface area (Å²) in [7, 11) is 1.65. The van der Waals surface area contributed by atoms with E-state index >= 15 is 0 Å². The summed E-state index contributed by atoms with van der Waals surface area (Å²) in [6, 6.07) is 0. The fraction of sp³-hybridized carbons (Fsp3) is 0.400. The van der Waals surface area contributed by atoms with E-state index in [4.69, 9.17) is 0 Å². The van der Waals surface area contributed by atoms with Crippen molar-refractivity contribution < 1.29 is 9.32 Å². The summed E-state index contributed by atoms with van der Waals surface area (Å²) in [6.45, 7) is 0.437. The van der Waals surface area contributed by atoms with Crippen LogP contribution in [0.1, 0.15) is 5.69 Å². The quantitative estimate of drug-likeness (QED) is 0.540. The van der Waals surface area contributed by atoms with Crippen LogP contribution >= 0.6 is 0 Å². The van der Waals surface area contributed by atoms with Gasteiger partial charge in [0.2, 0.25) is 6.41 Å². The molecule has 5 heteroatoms. The van der Waals surface area contributed by atoms with Gasteiger partial charge < -0.3 is 9.42 Å². The van der Waals surface area contributed by atoms with Crippen LogP contribution in [0.15, 0.2) is 10.8 Å². The van der Waals surface area contributed by atoms with Crippen LogP contribution in [0.3, 0.4) is 0 Å². The molecular weight excluding hydrogens is 134 g/mol. The first-order chi connectivity index (χ1) is 4.83. The molecule has 1 heterocycles. The Bertz CT molecular complexity index is 197. The van der Waals surface area contributed by atoms with Crippen LogP contribution in [-0.2, 0) is 11.3 Å². The molecule has 1 rings (SSSR count). The highest BCUT2D eigenvalue weighted by Crippen LogP contribution is 1.93. The van der Waals surface area contributed by atoms with E-state index < -0.39 is 0 Å². The summed E-state index contributed by atoms with van der Waals surface area (Å²) in [5.41, 5.74) is 0.648. The van der Waals surface area contributed by atoms with Gasteiger partial charge in [-0.25, -0.2) is 0 Å². The lowest BCUT2D eigenvalue weighted by Gasteiger charge is -2.04. The maximum absolute atomic E-state index is 10.1. The zero-order chi connectivity index (χ0) is 7.40. The maximum Gasteiger partial charge on any atom is 0.209 e. The number of hydrogen-bond acceptors (Lipinski definition) is 4. The lowest BCUT2D eigenvalue weighted by Crippen LogP contribution is -2.14. The lowest BCUT2D eigenvalue weighted by atomic mass is 10.5. The molecular formula is C5H7N3O2. The van der Waals surface area contributed by atoms with Gasteiger partial charge in [0.05, 0.1) is 6.54 Å². The van der Waals surface area contributed by atoms with Crippen LogP contribution in [0.4, 0.5) is 0 Å². The molecule has 0 fully saturated rings. The molecule has 0 bridgehead atoms. The monoisotopic (exact) mass is 141 g/mol. The molecule has 0 saturated heterocycles. The minimum absolute atomic E-state index is 0.437. The third-order valence-electron chi connectivity index (χ3n) is 0.996. The summed E-state index contributed by atoms with van der Waals surface area (Å²) in [5.74, 6) is 0. The van der Waals surface area contributed by atoms with Crippen LogP contribution in [0, 0.1) is 0 Å². The van der Waals surface area contributed by atoms with Gasteiger partial charge in [-0.2, -0.15) is 0 Å². The van der Waals surface area contributed by atoms with Gasteiger partial charge in [0.1, 0.15) is 12.0 Å². The average molecular weight is 141 g/mol. The van der Waals surface area contributed by atoms with Gasteiger partial charge in [-0.1, -0.05) is 0 Å². The van der Waals surface area contributed by atoms with Crippen molar-refractivity contribution in [3.63, 3.8) is 0 Å². The smallest absolute Gasteiger partial charge is 0.209 e. The Kier molecular flexibility index (Phi) is 1.99. The van der Waals surface area contributed by atoms with Crippen LogP contribution in [-0.4, -0.2) is 28.7 Å². The zero-order valence-electron chi connectivity index (χ0n) is 5.52. The van der Waals surface area contributed by atoms with E-state index in [9.17, 15) is 4.79 Å². The number of nitrogens with zero attached hydrogens (tertiary/aromatic N) is 3. The van der Waals surface area contributed by atoms with Gasteiger partial charge in [-0.15, -0.1) is 5.10 Å². The predicted molar refractivity (Wildman–Crippen MR) is 31.8 cm³/mol. The molecule has 0 spiro atoms. The van der Waals surface area contributed by atoms with Crippen molar-refractivity contribution in [1.82, 2.24) is 15.3 Å². The summed E-state index contributed by atoms with van der Waals surface area (Å²) >= 11 is 0. The first kappa shape index (κ1) is 6.73. The number of hydrogen-bond donors (Lipinski definition) is 0. The van der Waals surface area contributed by atoms with Crippen molar-refractivity contribution in [2.75, 3.05) is 7.05 Å². The molecule has 5 nitrogen and oxygen atoms in total. The Morgan fingerprint density at radius 1 is 1.90 bits per heavy atom. The molecule has 0 saturated carbocycles. The molecule has 0 radical (unpaired) electrons. The van der Waals surface area contributed by atoms with E-state index in [1.165, 1.54) is 11.2 Å². The minimum atomic E-state index is 0.437. The van der Waals surface area contributed by atoms with Crippen molar-refractivity contribution in [1.29, 1.82) is 0 Å². The first-order valence-corrected chi connectivity index (χ1v) is 2.74. The molecule has 1 aromatic rings. The molecule has 0 aliphatic rings. The van der Waals surface area contributed by atoms with Crippen molar-refractivity contribution in [2.24, 2.45) is 0 Å². The average Bonchev–Trinajstić information content (AvgIpc) is 2.40. The molecule has 10 heavy (non-hydrogen) atoms. The van der Waals surface area contributed by atoms with E-state index in [0.717, 1.165) is 0 Å². The third kappa shape index (κ3) is 1.54. The highest BCUT2D eigenvalue weighted by Gasteiger charge is 1.99. The number of rotatable bonds is 3.